The molecule has 8 heteroatoms. The minimum atomic E-state index is 0.0377. The molecule has 0 saturated carbocycles. The number of amides is 1. The van der Waals surface area contributed by atoms with Crippen molar-refractivity contribution in [2.45, 2.75) is 57.7 Å². The molecule has 30 heavy (non-hydrogen) atoms. The monoisotopic (exact) mass is 431 g/mol. The number of carbonyl (C=O) groups excluding carboxylic acids is 1. The lowest BCUT2D eigenvalue weighted by molar-refractivity contribution is -0.119. The molecule has 1 aromatic heterocycles. The minimum absolute atomic E-state index is 0.0377. The van der Waals surface area contributed by atoms with Crippen molar-refractivity contribution in [1.29, 1.82) is 0 Å². The summed E-state index contributed by atoms with van der Waals surface area (Å²) in [5.41, 5.74) is 2.18. The topological polar surface area (TPSA) is 72.3 Å². The zero-order valence-electron chi connectivity index (χ0n) is 18.3. The predicted octanol–water partition coefficient (Wildman–Crippen LogP) is 3.59. The van der Waals surface area contributed by atoms with Crippen molar-refractivity contribution >= 4 is 23.6 Å². The molecular formula is C22H33N5O2S. The standard InChI is InChI=1S/C22H33N5O2S/c1-4-5-6-9-18(3)23-20(28)16-30-22-25-24-21(26-11-13-29-14-12-26)27(22)19-10-7-8-17(2)15-19/h7-8,10,15,18H,4-6,9,11-14,16H2,1-3H3,(H,23,28)/t18-/m1/s1. The average molecular weight is 432 g/mol. The quantitative estimate of drug-likeness (QED) is 0.458. The zero-order chi connectivity index (χ0) is 21.3. The van der Waals surface area contributed by atoms with Crippen LogP contribution < -0.4 is 10.2 Å². The predicted molar refractivity (Wildman–Crippen MR) is 122 cm³/mol. The van der Waals surface area contributed by atoms with Crippen molar-refractivity contribution in [2.75, 3.05) is 37.0 Å². The van der Waals surface area contributed by atoms with E-state index in [1.54, 1.807) is 0 Å². The SMILES string of the molecule is CCCCC[C@@H](C)NC(=O)CSc1nnc(N2CCOCC2)n1-c1cccc(C)c1. The first-order valence-electron chi connectivity index (χ1n) is 10.9. The Morgan fingerprint density at radius 3 is 2.80 bits per heavy atom. The Morgan fingerprint density at radius 1 is 1.27 bits per heavy atom. The summed E-state index contributed by atoms with van der Waals surface area (Å²) in [4.78, 5) is 14.6. The van der Waals surface area contributed by atoms with E-state index in [-0.39, 0.29) is 11.9 Å². The van der Waals surface area contributed by atoms with Gasteiger partial charge in [0.15, 0.2) is 5.16 Å². The first-order chi connectivity index (χ1) is 14.6. The van der Waals surface area contributed by atoms with Crippen LogP contribution in [-0.4, -0.2) is 58.8 Å². The normalized spacial score (nSPS) is 15.2. The van der Waals surface area contributed by atoms with Gasteiger partial charge in [0.25, 0.3) is 0 Å². The molecule has 2 aromatic rings. The molecule has 164 valence electrons. The van der Waals surface area contributed by atoms with Crippen LogP contribution in [0, 0.1) is 6.92 Å². The lowest BCUT2D eigenvalue weighted by atomic mass is 10.1. The molecule has 1 N–H and O–H groups in total. The van der Waals surface area contributed by atoms with Crippen LogP contribution in [-0.2, 0) is 9.53 Å². The van der Waals surface area contributed by atoms with E-state index in [2.05, 4.69) is 64.0 Å². The summed E-state index contributed by atoms with van der Waals surface area (Å²) in [5, 5.41) is 12.7. The molecule has 1 saturated heterocycles. The highest BCUT2D eigenvalue weighted by Gasteiger charge is 2.22. The molecule has 0 radical (unpaired) electrons. The molecule has 0 spiro atoms. The maximum Gasteiger partial charge on any atom is 0.232 e. The second-order valence-corrected chi connectivity index (χ2v) is 8.75. The number of carbonyl (C=O) groups is 1. The summed E-state index contributed by atoms with van der Waals surface area (Å²) in [6.07, 6.45) is 4.57. The van der Waals surface area contributed by atoms with Gasteiger partial charge in [-0.2, -0.15) is 0 Å². The first kappa shape index (κ1) is 22.6. The number of morpholine rings is 1. The van der Waals surface area contributed by atoms with E-state index >= 15 is 0 Å². The lowest BCUT2D eigenvalue weighted by Gasteiger charge is -2.28. The van der Waals surface area contributed by atoms with Gasteiger partial charge in [0.05, 0.1) is 24.7 Å². The molecule has 1 aliphatic rings. The van der Waals surface area contributed by atoms with Gasteiger partial charge in [0.2, 0.25) is 11.9 Å². The summed E-state index contributed by atoms with van der Waals surface area (Å²) < 4.78 is 7.54. The van der Waals surface area contributed by atoms with Gasteiger partial charge in [-0.05, 0) is 38.0 Å². The maximum atomic E-state index is 12.5. The Hall–Kier alpha value is -2.06. The number of rotatable bonds is 10. The summed E-state index contributed by atoms with van der Waals surface area (Å²) in [6.45, 7) is 9.26. The molecule has 1 atom stereocenters. The number of thioether (sulfide) groups is 1. The van der Waals surface area contributed by atoms with E-state index < -0.39 is 0 Å². The molecule has 7 nitrogen and oxygen atoms in total. The van der Waals surface area contributed by atoms with Gasteiger partial charge in [0, 0.05) is 19.1 Å². The second kappa shape index (κ2) is 11.4. The highest BCUT2D eigenvalue weighted by Crippen LogP contribution is 2.27. The Bertz CT molecular complexity index is 820. The zero-order valence-corrected chi connectivity index (χ0v) is 19.1. The van der Waals surface area contributed by atoms with Crippen LogP contribution in [0.3, 0.4) is 0 Å². The second-order valence-electron chi connectivity index (χ2n) is 7.81. The molecule has 0 unspecified atom stereocenters. The molecular weight excluding hydrogens is 398 g/mol. The van der Waals surface area contributed by atoms with Crippen molar-refractivity contribution in [2.24, 2.45) is 0 Å². The number of nitrogens with one attached hydrogen (secondary N) is 1. The fraction of sp³-hybridized carbons (Fsp3) is 0.591. The third-order valence-corrected chi connectivity index (χ3v) is 6.08. The van der Waals surface area contributed by atoms with Crippen molar-refractivity contribution in [3.05, 3.63) is 29.8 Å². The number of aromatic nitrogens is 3. The van der Waals surface area contributed by atoms with Crippen LogP contribution in [0.15, 0.2) is 29.4 Å². The highest BCUT2D eigenvalue weighted by atomic mass is 32.2. The van der Waals surface area contributed by atoms with Crippen LogP contribution in [0.5, 0.6) is 0 Å². The van der Waals surface area contributed by atoms with E-state index in [4.69, 9.17) is 4.74 Å². The molecule has 2 heterocycles. The number of aryl methyl sites for hydroxylation is 1. The Kier molecular flexibility index (Phi) is 8.57. The largest absolute Gasteiger partial charge is 0.378 e. The van der Waals surface area contributed by atoms with Crippen LogP contribution in [0.2, 0.25) is 0 Å². The summed E-state index contributed by atoms with van der Waals surface area (Å²) in [6, 6.07) is 8.48. The van der Waals surface area contributed by atoms with E-state index in [1.807, 2.05) is 6.07 Å². The van der Waals surface area contributed by atoms with Crippen LogP contribution in [0.25, 0.3) is 5.69 Å². The number of hydrogen-bond donors (Lipinski definition) is 1. The van der Waals surface area contributed by atoms with E-state index in [1.165, 1.54) is 30.2 Å². The number of anilines is 1. The van der Waals surface area contributed by atoms with E-state index in [9.17, 15) is 4.79 Å². The van der Waals surface area contributed by atoms with Crippen LogP contribution in [0.4, 0.5) is 5.95 Å². The molecule has 1 aliphatic heterocycles. The van der Waals surface area contributed by atoms with Gasteiger partial charge in [-0.3, -0.25) is 9.36 Å². The van der Waals surface area contributed by atoms with Crippen LogP contribution in [0.1, 0.15) is 45.1 Å². The van der Waals surface area contributed by atoms with Gasteiger partial charge >= 0.3 is 0 Å². The minimum Gasteiger partial charge on any atom is -0.378 e. The number of hydrogen-bond acceptors (Lipinski definition) is 6. The van der Waals surface area contributed by atoms with Crippen molar-refractivity contribution in [3.8, 4) is 5.69 Å². The summed E-state index contributed by atoms with van der Waals surface area (Å²) in [7, 11) is 0. The smallest absolute Gasteiger partial charge is 0.232 e. The third kappa shape index (κ3) is 6.22. The van der Waals surface area contributed by atoms with Crippen molar-refractivity contribution in [3.63, 3.8) is 0 Å². The van der Waals surface area contributed by atoms with Gasteiger partial charge in [-0.1, -0.05) is 50.1 Å². The first-order valence-corrected chi connectivity index (χ1v) is 11.8. The molecule has 1 aromatic carbocycles. The molecule has 1 amide bonds. The van der Waals surface area contributed by atoms with Crippen molar-refractivity contribution < 1.29 is 9.53 Å². The fourth-order valence-corrected chi connectivity index (χ4v) is 4.29. The average Bonchev–Trinajstić information content (AvgIpc) is 3.17. The summed E-state index contributed by atoms with van der Waals surface area (Å²) >= 11 is 1.43. The fourth-order valence-electron chi connectivity index (χ4n) is 3.54. The Balaban J connectivity index is 1.71. The number of benzene rings is 1. The Morgan fingerprint density at radius 2 is 2.07 bits per heavy atom. The summed E-state index contributed by atoms with van der Waals surface area (Å²) in [5.74, 6) is 1.17. The number of nitrogens with zero attached hydrogens (tertiary/aromatic N) is 4. The van der Waals surface area contributed by atoms with E-state index in [0.717, 1.165) is 42.7 Å². The van der Waals surface area contributed by atoms with Gasteiger partial charge < -0.3 is 15.0 Å². The lowest BCUT2D eigenvalue weighted by Crippen LogP contribution is -2.38. The number of unbranched alkanes of at least 4 members (excludes halogenated alkanes) is 2. The van der Waals surface area contributed by atoms with Gasteiger partial charge in [0.1, 0.15) is 0 Å². The molecule has 0 bridgehead atoms. The molecule has 1 fully saturated rings. The van der Waals surface area contributed by atoms with Gasteiger partial charge in [-0.15, -0.1) is 10.2 Å². The molecule has 0 aliphatic carbocycles. The third-order valence-electron chi connectivity index (χ3n) is 5.15. The molecule has 3 rings (SSSR count). The van der Waals surface area contributed by atoms with Crippen molar-refractivity contribution in [1.82, 2.24) is 20.1 Å². The maximum absolute atomic E-state index is 12.5. The Labute approximate surface area is 183 Å². The highest BCUT2D eigenvalue weighted by molar-refractivity contribution is 7.99. The number of ether oxygens (including phenoxy) is 1. The van der Waals surface area contributed by atoms with Crippen LogP contribution >= 0.6 is 11.8 Å². The van der Waals surface area contributed by atoms with E-state index in [0.29, 0.717) is 19.0 Å². The van der Waals surface area contributed by atoms with Gasteiger partial charge in [-0.25, -0.2) is 0 Å².